The molecule has 1 fully saturated rings. The van der Waals surface area contributed by atoms with Crippen molar-refractivity contribution in [1.29, 1.82) is 0 Å². The molecule has 2 atom stereocenters. The van der Waals surface area contributed by atoms with Crippen LogP contribution >= 0.6 is 0 Å². The van der Waals surface area contributed by atoms with Gasteiger partial charge >= 0.3 is 0 Å². The standard InChI is InChI=1S/C16H25NO3S/c1-2-5-13-8-10-15(11-9-13)21(19,20)17-12-14-6-3-4-7-16(14)18/h8-11,14,16-18H,2-7,12H2,1H3. The fourth-order valence-corrected chi connectivity index (χ4v) is 3.94. The maximum absolute atomic E-state index is 12.3. The number of hydrogen-bond acceptors (Lipinski definition) is 3. The van der Waals surface area contributed by atoms with Gasteiger partial charge in [0.15, 0.2) is 0 Å². The zero-order valence-corrected chi connectivity index (χ0v) is 13.4. The van der Waals surface area contributed by atoms with Crippen LogP contribution in [0.5, 0.6) is 0 Å². The minimum absolute atomic E-state index is 0.0351. The zero-order valence-electron chi connectivity index (χ0n) is 12.6. The van der Waals surface area contributed by atoms with Crippen molar-refractivity contribution in [3.8, 4) is 0 Å². The van der Waals surface area contributed by atoms with Crippen molar-refractivity contribution in [2.75, 3.05) is 6.54 Å². The quantitative estimate of drug-likeness (QED) is 0.848. The molecular weight excluding hydrogens is 286 g/mol. The van der Waals surface area contributed by atoms with Crippen LogP contribution in [0.1, 0.15) is 44.6 Å². The van der Waals surface area contributed by atoms with Crippen molar-refractivity contribution in [3.63, 3.8) is 0 Å². The van der Waals surface area contributed by atoms with E-state index < -0.39 is 10.0 Å². The van der Waals surface area contributed by atoms with Gasteiger partial charge in [-0.1, -0.05) is 38.3 Å². The van der Waals surface area contributed by atoms with Crippen molar-refractivity contribution in [1.82, 2.24) is 4.72 Å². The maximum Gasteiger partial charge on any atom is 0.240 e. The van der Waals surface area contributed by atoms with Crippen molar-refractivity contribution in [2.24, 2.45) is 5.92 Å². The van der Waals surface area contributed by atoms with Crippen molar-refractivity contribution >= 4 is 10.0 Å². The zero-order chi connectivity index (χ0) is 15.3. The lowest BCUT2D eigenvalue weighted by Gasteiger charge is -2.27. The minimum atomic E-state index is -3.48. The fourth-order valence-electron chi connectivity index (χ4n) is 2.85. The molecule has 1 saturated carbocycles. The summed E-state index contributed by atoms with van der Waals surface area (Å²) in [5.41, 5.74) is 1.15. The first-order chi connectivity index (χ1) is 10.0. The van der Waals surface area contributed by atoms with Gasteiger partial charge < -0.3 is 5.11 Å². The largest absolute Gasteiger partial charge is 0.393 e. The highest BCUT2D eigenvalue weighted by Crippen LogP contribution is 2.24. The lowest BCUT2D eigenvalue weighted by molar-refractivity contribution is 0.0724. The van der Waals surface area contributed by atoms with Gasteiger partial charge in [0, 0.05) is 6.54 Å². The van der Waals surface area contributed by atoms with E-state index in [1.165, 1.54) is 0 Å². The van der Waals surface area contributed by atoms with Crippen molar-refractivity contribution in [3.05, 3.63) is 29.8 Å². The van der Waals surface area contributed by atoms with Crippen LogP contribution in [-0.4, -0.2) is 26.2 Å². The molecule has 2 unspecified atom stereocenters. The van der Waals surface area contributed by atoms with E-state index in [-0.39, 0.29) is 12.0 Å². The SMILES string of the molecule is CCCc1ccc(S(=O)(=O)NCC2CCCCC2O)cc1. The van der Waals surface area contributed by atoms with Crippen LogP contribution < -0.4 is 4.72 Å². The highest BCUT2D eigenvalue weighted by atomic mass is 32.2. The molecule has 5 heteroatoms. The normalized spacial score (nSPS) is 23.1. The molecule has 0 saturated heterocycles. The molecule has 0 aliphatic heterocycles. The molecule has 1 aromatic rings. The van der Waals surface area contributed by atoms with Gasteiger partial charge in [-0.15, -0.1) is 0 Å². The molecule has 2 rings (SSSR count). The van der Waals surface area contributed by atoms with Gasteiger partial charge in [-0.05, 0) is 42.9 Å². The van der Waals surface area contributed by atoms with Gasteiger partial charge in [-0.25, -0.2) is 13.1 Å². The number of aliphatic hydroxyl groups excluding tert-OH is 1. The molecule has 0 amide bonds. The van der Waals surface area contributed by atoms with E-state index in [9.17, 15) is 13.5 Å². The molecule has 118 valence electrons. The van der Waals surface area contributed by atoms with Crippen LogP contribution in [0, 0.1) is 5.92 Å². The maximum atomic E-state index is 12.3. The van der Waals surface area contributed by atoms with Gasteiger partial charge in [0.05, 0.1) is 11.0 Å². The van der Waals surface area contributed by atoms with Gasteiger partial charge in [0.2, 0.25) is 10.0 Å². The molecule has 1 aromatic carbocycles. The number of hydrogen-bond donors (Lipinski definition) is 2. The summed E-state index contributed by atoms with van der Waals surface area (Å²) in [5, 5.41) is 9.90. The Balaban J connectivity index is 1.97. The molecule has 1 aliphatic rings. The third-order valence-corrected chi connectivity index (χ3v) is 5.62. The average Bonchev–Trinajstić information content (AvgIpc) is 2.47. The van der Waals surface area contributed by atoms with Crippen LogP contribution in [0.4, 0.5) is 0 Å². The Kier molecular flexibility index (Phi) is 5.79. The third-order valence-electron chi connectivity index (χ3n) is 4.18. The Morgan fingerprint density at radius 3 is 2.48 bits per heavy atom. The minimum Gasteiger partial charge on any atom is -0.393 e. The summed E-state index contributed by atoms with van der Waals surface area (Å²) in [6.07, 6.45) is 5.38. The Hall–Kier alpha value is -0.910. The molecule has 0 radical (unpaired) electrons. The third kappa shape index (κ3) is 4.53. The number of rotatable bonds is 6. The second kappa shape index (κ2) is 7.38. The number of aryl methyl sites for hydroxylation is 1. The molecule has 0 bridgehead atoms. The smallest absolute Gasteiger partial charge is 0.240 e. The Morgan fingerprint density at radius 1 is 1.19 bits per heavy atom. The fraction of sp³-hybridized carbons (Fsp3) is 0.625. The summed E-state index contributed by atoms with van der Waals surface area (Å²) in [4.78, 5) is 0.299. The van der Waals surface area contributed by atoms with E-state index in [2.05, 4.69) is 11.6 Å². The summed E-state index contributed by atoms with van der Waals surface area (Å²) in [6, 6.07) is 7.05. The summed E-state index contributed by atoms with van der Waals surface area (Å²) >= 11 is 0. The average molecular weight is 311 g/mol. The molecule has 21 heavy (non-hydrogen) atoms. The molecule has 0 heterocycles. The molecular formula is C16H25NO3S. The van der Waals surface area contributed by atoms with E-state index in [4.69, 9.17) is 0 Å². The molecule has 0 aromatic heterocycles. The van der Waals surface area contributed by atoms with Gasteiger partial charge in [-0.3, -0.25) is 0 Å². The van der Waals surface area contributed by atoms with Gasteiger partial charge in [0.1, 0.15) is 0 Å². The van der Waals surface area contributed by atoms with E-state index >= 15 is 0 Å². The van der Waals surface area contributed by atoms with Crippen molar-refractivity contribution in [2.45, 2.75) is 56.4 Å². The number of nitrogens with one attached hydrogen (secondary N) is 1. The molecule has 0 spiro atoms. The predicted molar refractivity (Wildman–Crippen MR) is 83.6 cm³/mol. The van der Waals surface area contributed by atoms with E-state index in [0.717, 1.165) is 44.1 Å². The van der Waals surface area contributed by atoms with Crippen LogP contribution in [0.2, 0.25) is 0 Å². The second-order valence-electron chi connectivity index (χ2n) is 5.86. The Bertz CT molecular complexity index is 539. The topological polar surface area (TPSA) is 66.4 Å². The number of sulfonamides is 1. The summed E-state index contributed by atoms with van der Waals surface area (Å²) in [5.74, 6) is 0.0351. The molecule has 4 nitrogen and oxygen atoms in total. The number of aliphatic hydroxyl groups is 1. The van der Waals surface area contributed by atoms with E-state index in [1.54, 1.807) is 12.1 Å². The summed E-state index contributed by atoms with van der Waals surface area (Å²) < 4.78 is 27.2. The summed E-state index contributed by atoms with van der Waals surface area (Å²) in [7, 11) is -3.48. The first-order valence-corrected chi connectivity index (χ1v) is 9.28. The summed E-state index contributed by atoms with van der Waals surface area (Å²) in [6.45, 7) is 2.42. The lowest BCUT2D eigenvalue weighted by atomic mass is 9.87. The highest BCUT2D eigenvalue weighted by molar-refractivity contribution is 7.89. The lowest BCUT2D eigenvalue weighted by Crippen LogP contribution is -2.36. The van der Waals surface area contributed by atoms with E-state index in [0.29, 0.717) is 11.4 Å². The van der Waals surface area contributed by atoms with Gasteiger partial charge in [-0.2, -0.15) is 0 Å². The molecule has 1 aliphatic carbocycles. The van der Waals surface area contributed by atoms with Crippen LogP contribution in [-0.2, 0) is 16.4 Å². The first kappa shape index (κ1) is 16.5. The van der Waals surface area contributed by atoms with Crippen LogP contribution in [0.15, 0.2) is 29.2 Å². The second-order valence-corrected chi connectivity index (χ2v) is 7.62. The van der Waals surface area contributed by atoms with Crippen LogP contribution in [0.25, 0.3) is 0 Å². The van der Waals surface area contributed by atoms with Crippen molar-refractivity contribution < 1.29 is 13.5 Å². The predicted octanol–water partition coefficient (Wildman–Crippen LogP) is 2.47. The Morgan fingerprint density at radius 2 is 1.86 bits per heavy atom. The monoisotopic (exact) mass is 311 g/mol. The highest BCUT2D eigenvalue weighted by Gasteiger charge is 2.25. The van der Waals surface area contributed by atoms with E-state index in [1.807, 2.05) is 12.1 Å². The first-order valence-electron chi connectivity index (χ1n) is 7.79. The Labute approximate surface area is 127 Å². The molecule has 2 N–H and O–H groups in total. The van der Waals surface area contributed by atoms with Crippen LogP contribution in [0.3, 0.4) is 0 Å². The number of benzene rings is 1. The van der Waals surface area contributed by atoms with Gasteiger partial charge in [0.25, 0.3) is 0 Å².